The van der Waals surface area contributed by atoms with Gasteiger partial charge >= 0.3 is 0 Å². The lowest BCUT2D eigenvalue weighted by atomic mass is 9.84. The minimum Gasteiger partial charge on any atom is -0.377 e. The SMILES string of the molecule is C[C@@H]1CCN(C(=O)C2(C#N)CC2)C[C@@H]1N(C)c1ncnn2cccc12.C[C@@H]1CCN(C(=O)CC#N)C[C@@H]1N(C)c1ncnc2sccc12.C[C@@H]1CCN(C2(CC#N)COC2)C[C@@H]1N(C)c1ncnn2cccc12. The van der Waals surface area contributed by atoms with Crippen molar-refractivity contribution in [1.82, 2.24) is 53.9 Å². The number of thiophene rings is 1. The maximum Gasteiger partial charge on any atom is 0.243 e. The van der Waals surface area contributed by atoms with Gasteiger partial charge in [0.05, 0.1) is 60.9 Å². The maximum atomic E-state index is 12.8. The second-order valence-corrected chi connectivity index (χ2v) is 21.5. The lowest BCUT2D eigenvalue weighted by molar-refractivity contribution is -0.147. The van der Waals surface area contributed by atoms with Crippen molar-refractivity contribution in [2.24, 2.45) is 23.2 Å². The van der Waals surface area contributed by atoms with Gasteiger partial charge in [-0.2, -0.15) is 26.0 Å². The summed E-state index contributed by atoms with van der Waals surface area (Å²) in [5.41, 5.74) is 1.14. The summed E-state index contributed by atoms with van der Waals surface area (Å²) in [6, 6.07) is 17.3. The van der Waals surface area contributed by atoms with E-state index in [9.17, 15) is 20.1 Å². The average Bonchev–Trinajstić information content (AvgIpc) is 3.72. The van der Waals surface area contributed by atoms with Gasteiger partial charge in [-0.05, 0) is 92.1 Å². The molecule has 0 radical (unpaired) electrons. The Morgan fingerprint density at radius 3 is 1.81 bits per heavy atom. The summed E-state index contributed by atoms with van der Waals surface area (Å²) < 4.78 is 9.14. The van der Waals surface area contributed by atoms with Gasteiger partial charge in [-0.3, -0.25) is 14.5 Å². The van der Waals surface area contributed by atoms with Gasteiger partial charge in [0.15, 0.2) is 11.6 Å². The topological polar surface area (TPSA) is 220 Å². The average molecular weight is 1010 g/mol. The van der Waals surface area contributed by atoms with Gasteiger partial charge in [0.2, 0.25) is 11.8 Å². The number of fused-ring (bicyclic) bond motifs is 3. The first kappa shape index (κ1) is 50.9. The third kappa shape index (κ3) is 10.2. The molecule has 1 aliphatic carbocycles. The number of rotatable bonds is 10. The number of likely N-dealkylation sites (tertiary alicyclic amines) is 3. The summed E-state index contributed by atoms with van der Waals surface area (Å²) in [5, 5.41) is 38.9. The fourth-order valence-electron chi connectivity index (χ4n) is 11.1. The number of hydrogen-bond acceptors (Lipinski definition) is 17. The molecule has 4 saturated heterocycles. The van der Waals surface area contributed by atoms with Crippen LogP contribution in [0.1, 0.15) is 65.7 Å². The van der Waals surface area contributed by atoms with Crippen molar-refractivity contribution >= 4 is 61.9 Å². The Morgan fingerprint density at radius 1 is 0.712 bits per heavy atom. The molecule has 73 heavy (non-hydrogen) atoms. The molecule has 5 fully saturated rings. The number of amides is 2. The molecule has 10 heterocycles. The zero-order valence-corrected chi connectivity index (χ0v) is 43.5. The van der Waals surface area contributed by atoms with Gasteiger partial charge in [-0.15, -0.1) is 11.3 Å². The molecule has 0 unspecified atom stereocenters. The molecule has 4 aliphatic heterocycles. The van der Waals surface area contributed by atoms with E-state index >= 15 is 0 Å². The largest absolute Gasteiger partial charge is 0.377 e. The van der Waals surface area contributed by atoms with Crippen LogP contribution in [0.2, 0.25) is 0 Å². The van der Waals surface area contributed by atoms with Crippen LogP contribution in [0.25, 0.3) is 21.3 Å². The van der Waals surface area contributed by atoms with Crippen molar-refractivity contribution in [3.05, 3.63) is 67.1 Å². The first-order chi connectivity index (χ1) is 35.3. The smallest absolute Gasteiger partial charge is 0.243 e. The Hall–Kier alpha value is -6.99. The van der Waals surface area contributed by atoms with E-state index in [-0.39, 0.29) is 35.9 Å². The van der Waals surface area contributed by atoms with Crippen molar-refractivity contribution in [1.29, 1.82) is 15.8 Å². The van der Waals surface area contributed by atoms with Crippen LogP contribution in [0.5, 0.6) is 0 Å². The fraction of sp³-hybridized carbons (Fsp3) is 0.558. The Bertz CT molecular complexity index is 3030. The molecule has 1 saturated carbocycles. The van der Waals surface area contributed by atoms with E-state index in [2.05, 4.69) is 89.7 Å². The highest BCUT2D eigenvalue weighted by molar-refractivity contribution is 7.16. The number of carbonyl (C=O) groups is 2. The molecule has 6 atom stereocenters. The molecule has 382 valence electrons. The number of nitrogens with zero attached hydrogens (tertiary/aromatic N) is 17. The number of aromatic nitrogens is 8. The van der Waals surface area contributed by atoms with Crippen LogP contribution >= 0.6 is 11.3 Å². The van der Waals surface area contributed by atoms with Gasteiger partial charge in [0, 0.05) is 72.3 Å². The third-order valence-corrected chi connectivity index (χ3v) is 17.0. The van der Waals surface area contributed by atoms with E-state index in [1.54, 1.807) is 35.2 Å². The summed E-state index contributed by atoms with van der Waals surface area (Å²) in [4.78, 5) is 56.3. The van der Waals surface area contributed by atoms with Crippen molar-refractivity contribution in [2.75, 3.05) is 88.3 Å². The van der Waals surface area contributed by atoms with Crippen molar-refractivity contribution in [3.8, 4) is 18.2 Å². The van der Waals surface area contributed by atoms with Crippen LogP contribution in [0.4, 0.5) is 17.5 Å². The summed E-state index contributed by atoms with van der Waals surface area (Å²) in [5.74, 6) is 4.11. The van der Waals surface area contributed by atoms with Crippen LogP contribution < -0.4 is 14.7 Å². The Morgan fingerprint density at radius 2 is 1.26 bits per heavy atom. The Kier molecular flexibility index (Phi) is 15.1. The van der Waals surface area contributed by atoms with E-state index in [1.807, 2.05) is 82.2 Å². The van der Waals surface area contributed by atoms with Crippen LogP contribution in [0.3, 0.4) is 0 Å². The minimum absolute atomic E-state index is 0.0100. The van der Waals surface area contributed by atoms with Gasteiger partial charge in [-0.1, -0.05) is 20.8 Å². The molecule has 0 N–H and O–H groups in total. The Labute approximate surface area is 430 Å². The zero-order chi connectivity index (χ0) is 51.4. The number of likely N-dealkylation sites (N-methyl/N-ethyl adjacent to an activating group) is 3. The number of carbonyl (C=O) groups excluding carboxylic acids is 2. The van der Waals surface area contributed by atoms with Crippen molar-refractivity contribution in [3.63, 3.8) is 0 Å². The molecular formula is C52H65N17O3S. The van der Waals surface area contributed by atoms with Crippen molar-refractivity contribution < 1.29 is 14.3 Å². The summed E-state index contributed by atoms with van der Waals surface area (Å²) in [7, 11) is 6.18. The number of hydrogen-bond donors (Lipinski definition) is 0. The predicted molar refractivity (Wildman–Crippen MR) is 277 cm³/mol. The first-order valence-electron chi connectivity index (χ1n) is 25.3. The lowest BCUT2D eigenvalue weighted by Gasteiger charge is -2.53. The van der Waals surface area contributed by atoms with Crippen LogP contribution in [0.15, 0.2) is 67.1 Å². The minimum atomic E-state index is -0.743. The number of anilines is 3. The van der Waals surface area contributed by atoms with Gasteiger partial charge < -0.3 is 29.2 Å². The third-order valence-electron chi connectivity index (χ3n) is 16.2. The molecule has 21 heteroatoms. The molecule has 6 aromatic heterocycles. The van der Waals surface area contributed by atoms with E-state index < -0.39 is 5.41 Å². The summed E-state index contributed by atoms with van der Waals surface area (Å²) >= 11 is 1.60. The highest BCUT2D eigenvalue weighted by atomic mass is 32.1. The van der Waals surface area contributed by atoms with E-state index in [0.29, 0.717) is 69.4 Å². The molecule has 20 nitrogen and oxygen atoms in total. The van der Waals surface area contributed by atoms with E-state index in [1.165, 1.54) is 0 Å². The van der Waals surface area contributed by atoms with Crippen LogP contribution in [0, 0.1) is 57.2 Å². The molecule has 11 rings (SSSR count). The Balaban J connectivity index is 0.000000135. The van der Waals surface area contributed by atoms with Crippen LogP contribution in [-0.2, 0) is 14.3 Å². The van der Waals surface area contributed by atoms with Crippen LogP contribution in [-0.4, -0.2) is 163 Å². The standard InChI is InChI=1S/C18H24N6O.C18H22N6O.C16H19N5OS/c1-14-5-9-23(18(6-7-19)11-25-12-18)10-16(14)22(2)17-15-4-3-8-24(15)21-13-20-17;1-13-5-9-23(17(25)18(11-19)6-7-18)10-15(13)22(2)16-14-4-3-8-24(14)21-12-20-16;1-11-4-7-21(14(22)3-6-17)9-13(11)20(2)15-12-5-8-23-16(12)19-10-18-15/h3-4,8,13-14,16H,5-6,9-12H2,1-2H3;3-4,8,12-13,15H,5-7,9-10H2,1-2H3;5,8,10-11,13H,3-4,7,9H2,1-2H3/t14-,16+;13-,15+;11-,13+/m111/s1. The summed E-state index contributed by atoms with van der Waals surface area (Å²) in [6.07, 6.45) is 13.5. The monoisotopic (exact) mass is 1010 g/mol. The molecule has 2 amide bonds. The van der Waals surface area contributed by atoms with E-state index in [4.69, 9.17) is 10.00 Å². The number of ether oxygens (including phenoxy) is 1. The van der Waals surface area contributed by atoms with Gasteiger partial charge in [0.25, 0.3) is 0 Å². The maximum absolute atomic E-state index is 12.8. The van der Waals surface area contributed by atoms with Crippen molar-refractivity contribution in [2.45, 2.75) is 89.4 Å². The quantitative estimate of drug-likeness (QED) is 0.164. The molecule has 0 aromatic carbocycles. The molecule has 5 aliphatic rings. The first-order valence-corrected chi connectivity index (χ1v) is 26.2. The highest BCUT2D eigenvalue weighted by Crippen LogP contribution is 2.47. The molecule has 0 spiro atoms. The predicted octanol–water partition coefficient (Wildman–Crippen LogP) is 5.54. The second kappa shape index (κ2) is 21.6. The van der Waals surface area contributed by atoms with Gasteiger partial charge in [-0.25, -0.2) is 29.0 Å². The van der Waals surface area contributed by atoms with E-state index in [0.717, 1.165) is 84.1 Å². The number of nitriles is 3. The molecular weight excluding hydrogens is 943 g/mol. The summed E-state index contributed by atoms with van der Waals surface area (Å²) in [6.45, 7) is 12.8. The molecule has 0 bridgehead atoms. The molecule has 6 aromatic rings. The zero-order valence-electron chi connectivity index (χ0n) is 42.7. The fourth-order valence-corrected chi connectivity index (χ4v) is 11.9. The highest BCUT2D eigenvalue weighted by Gasteiger charge is 2.53. The number of piperidine rings is 3. The lowest BCUT2D eigenvalue weighted by Crippen LogP contribution is -2.67. The second-order valence-electron chi connectivity index (χ2n) is 20.6. The van der Waals surface area contributed by atoms with Gasteiger partial charge in [0.1, 0.15) is 52.5 Å². The normalized spacial score (nSPS) is 24.1.